The summed E-state index contributed by atoms with van der Waals surface area (Å²) in [5.74, 6) is -1.00. The lowest BCUT2D eigenvalue weighted by molar-refractivity contribution is 0.102. The fourth-order valence-electron chi connectivity index (χ4n) is 2.04. The second-order valence-electron chi connectivity index (χ2n) is 4.41. The smallest absolute Gasteiger partial charge is 0.259 e. The van der Waals surface area contributed by atoms with Gasteiger partial charge in [-0.3, -0.25) is 4.79 Å². The number of hydrogen-bond donors (Lipinski definition) is 1. The fourth-order valence-corrected chi connectivity index (χ4v) is 2.04. The van der Waals surface area contributed by atoms with Crippen LogP contribution in [0.2, 0.25) is 0 Å². The lowest BCUT2D eigenvalue weighted by atomic mass is 10.1. The van der Waals surface area contributed by atoms with Gasteiger partial charge in [0.2, 0.25) is 0 Å². The number of para-hydroxylation sites is 1. The number of anilines is 1. The Morgan fingerprint density at radius 1 is 1.24 bits per heavy atom. The average molecular weight is 280 g/mol. The first-order valence-corrected chi connectivity index (χ1v) is 6.16. The Morgan fingerprint density at radius 2 is 2.05 bits per heavy atom. The lowest BCUT2D eigenvalue weighted by Gasteiger charge is -2.04. The number of benzene rings is 2. The van der Waals surface area contributed by atoms with Crippen LogP contribution >= 0.6 is 0 Å². The zero-order valence-electron chi connectivity index (χ0n) is 10.8. The zero-order chi connectivity index (χ0) is 14.8. The molecule has 4 nitrogen and oxygen atoms in total. The molecule has 0 aliphatic heterocycles. The van der Waals surface area contributed by atoms with Gasteiger partial charge in [0.15, 0.2) is 0 Å². The van der Waals surface area contributed by atoms with Gasteiger partial charge in [-0.2, -0.15) is 5.26 Å². The van der Waals surface area contributed by atoms with Gasteiger partial charge in [0.1, 0.15) is 23.7 Å². The molecule has 0 saturated carbocycles. The molecule has 0 bridgehead atoms. The molecule has 0 aliphatic rings. The largest absolute Gasteiger partial charge is 0.463 e. The van der Waals surface area contributed by atoms with Crippen molar-refractivity contribution in [2.45, 2.75) is 0 Å². The standard InChI is InChI=1S/C16H9FN2O2/c17-14-6-5-11(7-10(14)8-18)19-16(20)13-9-21-15-4-2-1-3-12(13)15/h1-7,9H,(H,19,20). The highest BCUT2D eigenvalue weighted by molar-refractivity contribution is 6.12. The topological polar surface area (TPSA) is 66.0 Å². The van der Waals surface area contributed by atoms with Crippen molar-refractivity contribution >= 4 is 22.6 Å². The summed E-state index contributed by atoms with van der Waals surface area (Å²) >= 11 is 0. The van der Waals surface area contributed by atoms with E-state index in [4.69, 9.17) is 9.68 Å². The third-order valence-corrected chi connectivity index (χ3v) is 3.07. The van der Waals surface area contributed by atoms with Gasteiger partial charge < -0.3 is 9.73 Å². The molecule has 1 N–H and O–H groups in total. The first kappa shape index (κ1) is 12.9. The Labute approximate surface area is 119 Å². The van der Waals surface area contributed by atoms with E-state index < -0.39 is 5.82 Å². The van der Waals surface area contributed by atoms with Crippen LogP contribution in [-0.2, 0) is 0 Å². The van der Waals surface area contributed by atoms with Crippen molar-refractivity contribution < 1.29 is 13.6 Å². The predicted octanol–water partition coefficient (Wildman–Crippen LogP) is 3.70. The SMILES string of the molecule is N#Cc1cc(NC(=O)c2coc3ccccc23)ccc1F. The Kier molecular flexibility index (Phi) is 3.13. The van der Waals surface area contributed by atoms with Crippen LogP contribution in [0, 0.1) is 17.1 Å². The van der Waals surface area contributed by atoms with E-state index in [0.717, 1.165) is 6.07 Å². The molecular formula is C16H9FN2O2. The van der Waals surface area contributed by atoms with E-state index in [9.17, 15) is 9.18 Å². The number of carbonyl (C=O) groups excluding carboxylic acids is 1. The minimum Gasteiger partial charge on any atom is -0.463 e. The number of fused-ring (bicyclic) bond motifs is 1. The van der Waals surface area contributed by atoms with Crippen LogP contribution in [0.15, 0.2) is 53.1 Å². The minimum atomic E-state index is -0.621. The van der Waals surface area contributed by atoms with Crippen molar-refractivity contribution in [1.82, 2.24) is 0 Å². The molecule has 1 aromatic heterocycles. The van der Waals surface area contributed by atoms with Crippen LogP contribution in [-0.4, -0.2) is 5.91 Å². The van der Waals surface area contributed by atoms with Crippen molar-refractivity contribution in [3.8, 4) is 6.07 Å². The predicted molar refractivity (Wildman–Crippen MR) is 75.3 cm³/mol. The fraction of sp³-hybridized carbons (Fsp3) is 0. The minimum absolute atomic E-state index is 0.121. The van der Waals surface area contributed by atoms with Gasteiger partial charge in [0, 0.05) is 11.1 Å². The maximum Gasteiger partial charge on any atom is 0.259 e. The quantitative estimate of drug-likeness (QED) is 0.778. The summed E-state index contributed by atoms with van der Waals surface area (Å²) in [6, 6.07) is 12.7. The van der Waals surface area contributed by atoms with Gasteiger partial charge in [-0.25, -0.2) is 4.39 Å². The van der Waals surface area contributed by atoms with Crippen LogP contribution in [0.4, 0.5) is 10.1 Å². The Hall–Kier alpha value is -3.13. The number of halogens is 1. The molecule has 3 rings (SSSR count). The summed E-state index contributed by atoms with van der Waals surface area (Å²) in [4.78, 5) is 12.2. The van der Waals surface area contributed by atoms with E-state index in [1.165, 1.54) is 18.4 Å². The van der Waals surface area contributed by atoms with E-state index in [2.05, 4.69) is 5.32 Å². The Bertz CT molecular complexity index is 877. The van der Waals surface area contributed by atoms with Crippen molar-refractivity contribution in [2.24, 2.45) is 0 Å². The van der Waals surface area contributed by atoms with Crippen LogP contribution in [0.1, 0.15) is 15.9 Å². The van der Waals surface area contributed by atoms with Crippen molar-refractivity contribution in [3.63, 3.8) is 0 Å². The van der Waals surface area contributed by atoms with E-state index >= 15 is 0 Å². The van der Waals surface area contributed by atoms with Gasteiger partial charge in [0.05, 0.1) is 11.1 Å². The molecule has 2 aromatic carbocycles. The third kappa shape index (κ3) is 2.35. The molecule has 0 saturated heterocycles. The highest BCUT2D eigenvalue weighted by Gasteiger charge is 2.14. The lowest BCUT2D eigenvalue weighted by Crippen LogP contribution is -2.11. The molecule has 0 fully saturated rings. The van der Waals surface area contributed by atoms with Gasteiger partial charge in [0.25, 0.3) is 5.91 Å². The Balaban J connectivity index is 1.92. The number of nitrogens with one attached hydrogen (secondary N) is 1. The monoisotopic (exact) mass is 280 g/mol. The maximum absolute atomic E-state index is 13.2. The summed E-state index contributed by atoms with van der Waals surface area (Å²) in [6.07, 6.45) is 1.37. The summed E-state index contributed by atoms with van der Waals surface area (Å²) in [7, 11) is 0. The number of nitrogens with zero attached hydrogens (tertiary/aromatic N) is 1. The molecule has 0 aliphatic carbocycles. The summed E-state index contributed by atoms with van der Waals surface area (Å²) < 4.78 is 18.5. The maximum atomic E-state index is 13.2. The number of nitriles is 1. The highest BCUT2D eigenvalue weighted by atomic mass is 19.1. The first-order chi connectivity index (χ1) is 10.2. The number of carbonyl (C=O) groups is 1. The van der Waals surface area contributed by atoms with E-state index in [1.807, 2.05) is 6.07 Å². The van der Waals surface area contributed by atoms with Crippen molar-refractivity contribution in [2.75, 3.05) is 5.32 Å². The van der Waals surface area contributed by atoms with Crippen LogP contribution in [0.3, 0.4) is 0 Å². The molecule has 1 heterocycles. The number of furan rings is 1. The highest BCUT2D eigenvalue weighted by Crippen LogP contribution is 2.22. The van der Waals surface area contributed by atoms with Crippen molar-refractivity contribution in [1.29, 1.82) is 5.26 Å². The molecule has 0 atom stereocenters. The first-order valence-electron chi connectivity index (χ1n) is 6.16. The van der Waals surface area contributed by atoms with Crippen LogP contribution in [0.25, 0.3) is 11.0 Å². The number of amides is 1. The van der Waals surface area contributed by atoms with Gasteiger partial charge in [-0.1, -0.05) is 18.2 Å². The molecule has 0 unspecified atom stereocenters. The summed E-state index contributed by atoms with van der Waals surface area (Å²) in [5, 5.41) is 12.1. The zero-order valence-corrected chi connectivity index (χ0v) is 10.8. The number of rotatable bonds is 2. The van der Waals surface area contributed by atoms with Gasteiger partial charge in [-0.05, 0) is 24.3 Å². The number of hydrogen-bond acceptors (Lipinski definition) is 3. The second-order valence-corrected chi connectivity index (χ2v) is 4.41. The normalized spacial score (nSPS) is 10.3. The molecule has 5 heteroatoms. The third-order valence-electron chi connectivity index (χ3n) is 3.07. The molecule has 3 aromatic rings. The molecule has 0 radical (unpaired) electrons. The average Bonchev–Trinajstić information content (AvgIpc) is 2.93. The van der Waals surface area contributed by atoms with E-state index in [-0.39, 0.29) is 11.5 Å². The molecule has 21 heavy (non-hydrogen) atoms. The van der Waals surface area contributed by atoms with Gasteiger partial charge >= 0.3 is 0 Å². The molecular weight excluding hydrogens is 271 g/mol. The second kappa shape index (κ2) is 5.10. The summed E-state index contributed by atoms with van der Waals surface area (Å²) in [6.45, 7) is 0. The van der Waals surface area contributed by atoms with Crippen LogP contribution in [0.5, 0.6) is 0 Å². The van der Waals surface area contributed by atoms with Crippen molar-refractivity contribution in [3.05, 3.63) is 65.7 Å². The molecule has 1 amide bonds. The summed E-state index contributed by atoms with van der Waals surface area (Å²) in [5.41, 5.74) is 1.22. The van der Waals surface area contributed by atoms with Crippen LogP contribution < -0.4 is 5.32 Å². The molecule has 0 spiro atoms. The van der Waals surface area contributed by atoms with E-state index in [1.54, 1.807) is 24.3 Å². The van der Waals surface area contributed by atoms with Gasteiger partial charge in [-0.15, -0.1) is 0 Å². The van der Waals surface area contributed by atoms with E-state index in [0.29, 0.717) is 22.2 Å². The Morgan fingerprint density at radius 3 is 2.86 bits per heavy atom. The molecule has 102 valence electrons.